The summed E-state index contributed by atoms with van der Waals surface area (Å²) in [5.74, 6) is 0.957. The quantitative estimate of drug-likeness (QED) is 0.135. The Kier molecular flexibility index (Phi) is 10.4. The maximum Gasteiger partial charge on any atom is 0.573 e. The summed E-state index contributed by atoms with van der Waals surface area (Å²) in [6.45, 7) is 6.71. The lowest BCUT2D eigenvalue weighted by Crippen LogP contribution is -2.55. The third-order valence-electron chi connectivity index (χ3n) is 7.65. The molecule has 1 aliphatic rings. The van der Waals surface area contributed by atoms with Gasteiger partial charge in [0, 0.05) is 23.8 Å². The smallest absolute Gasteiger partial charge is 0.406 e. The summed E-state index contributed by atoms with van der Waals surface area (Å²) in [4.78, 5) is 19.4. The summed E-state index contributed by atoms with van der Waals surface area (Å²) in [7, 11) is 0. The molecule has 5 rings (SSSR count). The number of urea groups is 1. The van der Waals surface area contributed by atoms with Crippen LogP contribution in [0.1, 0.15) is 50.7 Å². The van der Waals surface area contributed by atoms with Crippen molar-refractivity contribution in [2.24, 2.45) is 0 Å². The van der Waals surface area contributed by atoms with Crippen molar-refractivity contribution in [1.29, 1.82) is 0 Å². The highest BCUT2D eigenvalue weighted by molar-refractivity contribution is 8.00. The number of halogens is 4. The minimum atomic E-state index is -4.75. The number of thioether (sulfide) groups is 1. The molecule has 244 valence electrons. The van der Waals surface area contributed by atoms with Gasteiger partial charge in [0.1, 0.15) is 17.9 Å². The number of hydrogen-bond donors (Lipinski definition) is 2. The predicted octanol–water partition coefficient (Wildman–Crippen LogP) is 7.64. The van der Waals surface area contributed by atoms with Crippen molar-refractivity contribution in [3.63, 3.8) is 0 Å². The summed E-state index contributed by atoms with van der Waals surface area (Å²) < 4.78 is 56.7. The number of amides is 2. The van der Waals surface area contributed by atoms with Gasteiger partial charge in [-0.05, 0) is 91.4 Å². The average Bonchev–Trinajstić information content (AvgIpc) is 3.50. The molecule has 4 aromatic rings. The summed E-state index contributed by atoms with van der Waals surface area (Å²) in [6.07, 6.45) is -0.799. The van der Waals surface area contributed by atoms with Gasteiger partial charge in [-0.25, -0.2) is 18.9 Å². The zero-order valence-electron chi connectivity index (χ0n) is 25.7. The van der Waals surface area contributed by atoms with Crippen LogP contribution in [0.2, 0.25) is 0 Å². The molecule has 1 saturated heterocycles. The average molecular weight is 657 g/mol. The molecule has 0 bridgehead atoms. The topological polar surface area (TPSA) is 84.3 Å². The van der Waals surface area contributed by atoms with E-state index in [2.05, 4.69) is 37.3 Å². The lowest BCUT2D eigenvalue weighted by Gasteiger charge is -2.43. The van der Waals surface area contributed by atoms with Crippen molar-refractivity contribution >= 4 is 23.5 Å². The number of alkyl halides is 3. The van der Waals surface area contributed by atoms with Gasteiger partial charge in [0.05, 0.1) is 5.69 Å². The van der Waals surface area contributed by atoms with Crippen molar-refractivity contribution in [2.75, 3.05) is 17.2 Å². The Hall–Kier alpha value is -4.26. The molecule has 2 N–H and O–H groups in total. The first-order chi connectivity index (χ1) is 22.0. The van der Waals surface area contributed by atoms with Crippen LogP contribution in [0.5, 0.6) is 5.75 Å². The lowest BCUT2D eigenvalue weighted by atomic mass is 9.99. The molecule has 1 aromatic heterocycles. The molecule has 1 fully saturated rings. The second-order valence-corrected chi connectivity index (χ2v) is 12.6. The number of nitrogens with one attached hydrogen (secondary N) is 2. The van der Waals surface area contributed by atoms with Gasteiger partial charge in [-0.1, -0.05) is 38.1 Å². The summed E-state index contributed by atoms with van der Waals surface area (Å²) in [6, 6.07) is 18.0. The molecule has 0 saturated carbocycles. The van der Waals surface area contributed by atoms with Gasteiger partial charge >= 0.3 is 12.4 Å². The van der Waals surface area contributed by atoms with Crippen LogP contribution in [0.4, 0.5) is 28.0 Å². The van der Waals surface area contributed by atoms with E-state index in [1.807, 2.05) is 44.2 Å². The molecule has 2 heterocycles. The number of ether oxygens (including phenoxy) is 1. The minimum absolute atomic E-state index is 0.137. The van der Waals surface area contributed by atoms with Crippen LogP contribution in [0.3, 0.4) is 0 Å². The van der Waals surface area contributed by atoms with Crippen LogP contribution in [0.15, 0.2) is 73.1 Å². The standard InChI is InChI=1S/C33H36F4N6O2S/c1-21(2)28-19-25(34)10-15-29(28)43-22(3)16-18-46-32(43)40-31(44)38-17-4-5-23-6-8-24(9-7-23)30-39-20-42(41-30)26-11-13-27(14-12-26)45-33(35,36)37/h6-15,19-22,32H,4-5,16-18H2,1-3H3,(H2,38,40,44). The van der Waals surface area contributed by atoms with Gasteiger partial charge in [-0.2, -0.15) is 0 Å². The van der Waals surface area contributed by atoms with Crippen molar-refractivity contribution in [1.82, 2.24) is 25.4 Å². The third kappa shape index (κ3) is 8.51. The predicted molar refractivity (Wildman–Crippen MR) is 172 cm³/mol. The Morgan fingerprint density at radius 1 is 1.09 bits per heavy atom. The molecule has 3 aromatic carbocycles. The van der Waals surface area contributed by atoms with Crippen LogP contribution < -0.4 is 20.3 Å². The molecule has 0 radical (unpaired) electrons. The van der Waals surface area contributed by atoms with Gasteiger partial charge in [0.25, 0.3) is 0 Å². The number of carbonyl (C=O) groups is 1. The summed E-state index contributed by atoms with van der Waals surface area (Å²) in [5.41, 5.74) is 4.03. The first kappa shape index (κ1) is 33.1. The van der Waals surface area contributed by atoms with E-state index in [4.69, 9.17) is 0 Å². The number of rotatable bonds is 10. The molecule has 0 aliphatic carbocycles. The first-order valence-corrected chi connectivity index (χ1v) is 16.1. The van der Waals surface area contributed by atoms with Crippen LogP contribution in [0.25, 0.3) is 17.1 Å². The molecule has 8 nitrogen and oxygen atoms in total. The molecule has 2 unspecified atom stereocenters. The fraction of sp³-hybridized carbons (Fsp3) is 0.364. The molecule has 2 atom stereocenters. The maximum atomic E-state index is 14.0. The van der Waals surface area contributed by atoms with Crippen molar-refractivity contribution in [3.8, 4) is 22.8 Å². The van der Waals surface area contributed by atoms with Crippen molar-refractivity contribution in [2.45, 2.75) is 63.9 Å². The van der Waals surface area contributed by atoms with Crippen molar-refractivity contribution < 1.29 is 27.1 Å². The van der Waals surface area contributed by atoms with E-state index in [0.29, 0.717) is 18.1 Å². The SMILES string of the molecule is CC(C)c1cc(F)ccc1N1C(C)CCSC1NC(=O)NCCCc1ccc(-c2ncn(-c3ccc(OC(F)(F)F)cc3)n2)cc1. The first-order valence-electron chi connectivity index (χ1n) is 15.1. The lowest BCUT2D eigenvalue weighted by molar-refractivity contribution is -0.274. The second-order valence-electron chi connectivity index (χ2n) is 11.4. The number of aromatic nitrogens is 3. The Labute approximate surface area is 269 Å². The molecular formula is C33H36F4N6O2S. The molecular weight excluding hydrogens is 620 g/mol. The Morgan fingerprint density at radius 3 is 2.52 bits per heavy atom. The Balaban J connectivity index is 1.11. The van der Waals surface area contributed by atoms with Gasteiger partial charge in [0.15, 0.2) is 11.3 Å². The van der Waals surface area contributed by atoms with Gasteiger partial charge in [0.2, 0.25) is 0 Å². The number of nitrogens with zero attached hydrogens (tertiary/aromatic N) is 4. The molecule has 2 amide bonds. The maximum absolute atomic E-state index is 14.0. The summed E-state index contributed by atoms with van der Waals surface area (Å²) >= 11 is 1.67. The number of benzene rings is 3. The molecule has 0 spiro atoms. The number of aryl methyl sites for hydroxylation is 1. The minimum Gasteiger partial charge on any atom is -0.406 e. The highest BCUT2D eigenvalue weighted by Gasteiger charge is 2.32. The molecule has 46 heavy (non-hydrogen) atoms. The van der Waals surface area contributed by atoms with Gasteiger partial charge in [-0.15, -0.1) is 30.0 Å². The normalized spacial score (nSPS) is 16.8. The van der Waals surface area contributed by atoms with Gasteiger partial charge in [-0.3, -0.25) is 0 Å². The number of hydrogen-bond acceptors (Lipinski definition) is 6. The van der Waals surface area contributed by atoms with Crippen LogP contribution in [-0.2, 0) is 6.42 Å². The zero-order chi connectivity index (χ0) is 32.8. The van der Waals surface area contributed by atoms with E-state index in [1.165, 1.54) is 41.3 Å². The fourth-order valence-corrected chi connectivity index (χ4v) is 6.67. The van der Waals surface area contributed by atoms with Crippen LogP contribution >= 0.6 is 11.8 Å². The van der Waals surface area contributed by atoms with E-state index < -0.39 is 6.36 Å². The Bertz CT molecular complexity index is 1610. The van der Waals surface area contributed by atoms with E-state index >= 15 is 0 Å². The zero-order valence-corrected chi connectivity index (χ0v) is 26.5. The van der Waals surface area contributed by atoms with E-state index in [9.17, 15) is 22.4 Å². The molecule has 1 aliphatic heterocycles. The largest absolute Gasteiger partial charge is 0.573 e. The fourth-order valence-electron chi connectivity index (χ4n) is 5.30. The third-order valence-corrected chi connectivity index (χ3v) is 8.78. The van der Waals surface area contributed by atoms with Crippen molar-refractivity contribution in [3.05, 3.63) is 90.0 Å². The summed E-state index contributed by atoms with van der Waals surface area (Å²) in [5, 5.41) is 10.5. The monoisotopic (exact) mass is 656 g/mol. The highest BCUT2D eigenvalue weighted by Crippen LogP contribution is 2.36. The van der Waals surface area contributed by atoms with Gasteiger partial charge < -0.3 is 20.3 Å². The van der Waals surface area contributed by atoms with E-state index in [1.54, 1.807) is 17.8 Å². The highest BCUT2D eigenvalue weighted by atomic mass is 32.2. The van der Waals surface area contributed by atoms with Crippen LogP contribution in [0, 0.1) is 5.82 Å². The Morgan fingerprint density at radius 2 is 1.83 bits per heavy atom. The van der Waals surface area contributed by atoms with E-state index in [-0.39, 0.29) is 35.1 Å². The van der Waals surface area contributed by atoms with E-state index in [0.717, 1.165) is 47.4 Å². The second kappa shape index (κ2) is 14.4. The number of anilines is 1. The van der Waals surface area contributed by atoms with Crippen LogP contribution in [-0.4, -0.2) is 51.0 Å². The molecule has 13 heteroatoms. The number of carbonyl (C=O) groups excluding carboxylic acids is 1.